The normalized spacial score (nSPS) is 10.8. The van der Waals surface area contributed by atoms with Crippen LogP contribution in [0.15, 0.2) is 21.9 Å². The third-order valence-electron chi connectivity index (χ3n) is 2.63. The minimum atomic E-state index is -0.323. The third-order valence-corrected chi connectivity index (χ3v) is 2.63. The molecular formula is C12H21N3O4. The van der Waals surface area contributed by atoms with Gasteiger partial charge in [-0.3, -0.25) is 13.9 Å². The summed E-state index contributed by atoms with van der Waals surface area (Å²) in [6, 6.07) is 1.38. The molecule has 0 saturated heterocycles. The van der Waals surface area contributed by atoms with Gasteiger partial charge in [-0.05, 0) is 13.0 Å². The number of hydrogen-bond acceptors (Lipinski definition) is 5. The Balaban J connectivity index is 2.64. The summed E-state index contributed by atoms with van der Waals surface area (Å²) in [4.78, 5) is 23.6. The van der Waals surface area contributed by atoms with Crippen molar-refractivity contribution in [3.05, 3.63) is 33.1 Å². The lowest BCUT2D eigenvalue weighted by molar-refractivity contribution is 0.0659. The Morgan fingerprint density at radius 1 is 1.21 bits per heavy atom. The zero-order valence-electron chi connectivity index (χ0n) is 11.2. The minimum absolute atomic E-state index is 0.296. The molecule has 0 saturated carbocycles. The largest absolute Gasteiger partial charge is 0.382 e. The molecule has 19 heavy (non-hydrogen) atoms. The molecule has 0 aliphatic heterocycles. The van der Waals surface area contributed by atoms with E-state index in [9.17, 15) is 9.59 Å². The number of aromatic nitrogens is 2. The molecule has 1 aromatic rings. The highest BCUT2D eigenvalue weighted by Gasteiger charge is 2.04. The van der Waals surface area contributed by atoms with Gasteiger partial charge < -0.3 is 15.2 Å². The van der Waals surface area contributed by atoms with Crippen molar-refractivity contribution in [3.8, 4) is 0 Å². The van der Waals surface area contributed by atoms with Gasteiger partial charge in [-0.25, -0.2) is 4.79 Å². The summed E-state index contributed by atoms with van der Waals surface area (Å²) in [7, 11) is 1.60. The zero-order valence-corrected chi connectivity index (χ0v) is 11.2. The van der Waals surface area contributed by atoms with Crippen LogP contribution in [0.4, 0.5) is 0 Å². The molecule has 0 aromatic carbocycles. The Kier molecular flexibility index (Phi) is 7.09. The monoisotopic (exact) mass is 271 g/mol. The maximum absolute atomic E-state index is 12.0. The quantitative estimate of drug-likeness (QED) is 0.583. The van der Waals surface area contributed by atoms with E-state index >= 15 is 0 Å². The molecule has 0 amide bonds. The van der Waals surface area contributed by atoms with Gasteiger partial charge in [0.25, 0.3) is 5.56 Å². The van der Waals surface area contributed by atoms with Gasteiger partial charge in [0.1, 0.15) is 0 Å². The number of methoxy groups -OCH3 is 1. The fraction of sp³-hybridized carbons (Fsp3) is 0.667. The maximum atomic E-state index is 12.0. The highest BCUT2D eigenvalue weighted by molar-refractivity contribution is 4.86. The van der Waals surface area contributed by atoms with Gasteiger partial charge in [0.05, 0.1) is 26.4 Å². The summed E-state index contributed by atoms with van der Waals surface area (Å²) in [5.41, 5.74) is 4.77. The van der Waals surface area contributed by atoms with E-state index in [1.807, 2.05) is 0 Å². The number of nitrogens with two attached hydrogens (primary N) is 1. The molecule has 0 unspecified atom stereocenters. The molecule has 0 atom stereocenters. The number of hydrogen-bond donors (Lipinski definition) is 1. The van der Waals surface area contributed by atoms with E-state index in [0.29, 0.717) is 45.9 Å². The first kappa shape index (κ1) is 15.6. The van der Waals surface area contributed by atoms with Crippen LogP contribution in [0.2, 0.25) is 0 Å². The lowest BCUT2D eigenvalue weighted by atomic mass is 10.4. The van der Waals surface area contributed by atoms with Crippen LogP contribution in [0.1, 0.15) is 6.42 Å². The van der Waals surface area contributed by atoms with Crippen LogP contribution in [0.5, 0.6) is 0 Å². The topological polar surface area (TPSA) is 88.5 Å². The SMILES string of the molecule is COCCOCCn1ccc(=O)n(CCCN)c1=O. The molecular weight excluding hydrogens is 250 g/mol. The summed E-state index contributed by atoms with van der Waals surface area (Å²) < 4.78 is 12.8. The molecule has 1 heterocycles. The fourth-order valence-corrected chi connectivity index (χ4v) is 1.59. The Hall–Kier alpha value is -1.44. The molecule has 1 rings (SSSR count). The lowest BCUT2D eigenvalue weighted by Crippen LogP contribution is -2.40. The van der Waals surface area contributed by atoms with E-state index in [1.165, 1.54) is 21.4 Å². The van der Waals surface area contributed by atoms with Crippen LogP contribution < -0.4 is 17.0 Å². The first-order valence-corrected chi connectivity index (χ1v) is 6.27. The van der Waals surface area contributed by atoms with Gasteiger partial charge in [-0.15, -0.1) is 0 Å². The summed E-state index contributed by atoms with van der Waals surface area (Å²) in [5.74, 6) is 0. The van der Waals surface area contributed by atoms with Crippen molar-refractivity contribution in [2.24, 2.45) is 5.73 Å². The summed E-state index contributed by atoms with van der Waals surface area (Å²) in [6.07, 6.45) is 2.09. The van der Waals surface area contributed by atoms with E-state index in [0.717, 1.165) is 0 Å². The van der Waals surface area contributed by atoms with Crippen molar-refractivity contribution in [2.75, 3.05) is 33.5 Å². The van der Waals surface area contributed by atoms with Crippen molar-refractivity contribution in [1.29, 1.82) is 0 Å². The van der Waals surface area contributed by atoms with E-state index in [-0.39, 0.29) is 11.2 Å². The molecule has 0 fully saturated rings. The molecule has 7 nitrogen and oxygen atoms in total. The predicted molar refractivity (Wildman–Crippen MR) is 71.3 cm³/mol. The maximum Gasteiger partial charge on any atom is 0.331 e. The van der Waals surface area contributed by atoms with E-state index in [2.05, 4.69) is 0 Å². The Labute approximate surface area is 111 Å². The van der Waals surface area contributed by atoms with Gasteiger partial charge in [-0.1, -0.05) is 0 Å². The highest BCUT2D eigenvalue weighted by Crippen LogP contribution is 1.85. The molecule has 0 bridgehead atoms. The second kappa shape index (κ2) is 8.63. The molecule has 0 aliphatic rings. The second-order valence-corrected chi connectivity index (χ2v) is 4.03. The van der Waals surface area contributed by atoms with Gasteiger partial charge >= 0.3 is 5.69 Å². The summed E-state index contributed by atoms with van der Waals surface area (Å²) in [6.45, 7) is 2.60. The molecule has 0 radical (unpaired) electrons. The Morgan fingerprint density at radius 2 is 2.00 bits per heavy atom. The fourth-order valence-electron chi connectivity index (χ4n) is 1.59. The average molecular weight is 271 g/mol. The van der Waals surface area contributed by atoms with E-state index in [4.69, 9.17) is 15.2 Å². The minimum Gasteiger partial charge on any atom is -0.382 e. The van der Waals surface area contributed by atoms with Gasteiger partial charge in [0.2, 0.25) is 0 Å². The Bertz CT molecular complexity index is 481. The van der Waals surface area contributed by atoms with Crippen LogP contribution in [0, 0.1) is 0 Å². The summed E-state index contributed by atoms with van der Waals surface area (Å²) in [5, 5.41) is 0. The second-order valence-electron chi connectivity index (χ2n) is 4.03. The first-order chi connectivity index (χ1) is 9.20. The van der Waals surface area contributed by atoms with Crippen LogP contribution in [0.3, 0.4) is 0 Å². The molecule has 0 aliphatic carbocycles. The molecule has 2 N–H and O–H groups in total. The zero-order chi connectivity index (χ0) is 14.1. The molecule has 7 heteroatoms. The Morgan fingerprint density at radius 3 is 2.68 bits per heavy atom. The third kappa shape index (κ3) is 4.98. The molecule has 108 valence electrons. The smallest absolute Gasteiger partial charge is 0.331 e. The summed E-state index contributed by atoms with van der Waals surface area (Å²) >= 11 is 0. The van der Waals surface area contributed by atoms with Crippen LogP contribution in [-0.2, 0) is 22.6 Å². The molecule has 1 aromatic heterocycles. The van der Waals surface area contributed by atoms with Crippen LogP contribution >= 0.6 is 0 Å². The van der Waals surface area contributed by atoms with Gasteiger partial charge in [0.15, 0.2) is 0 Å². The van der Waals surface area contributed by atoms with Crippen LogP contribution in [0.25, 0.3) is 0 Å². The van der Waals surface area contributed by atoms with E-state index < -0.39 is 0 Å². The number of ether oxygens (including phenoxy) is 2. The highest BCUT2D eigenvalue weighted by atomic mass is 16.5. The average Bonchev–Trinajstić information content (AvgIpc) is 2.41. The van der Waals surface area contributed by atoms with Crippen molar-refractivity contribution in [2.45, 2.75) is 19.5 Å². The number of rotatable bonds is 9. The van der Waals surface area contributed by atoms with E-state index in [1.54, 1.807) is 7.11 Å². The predicted octanol–water partition coefficient (Wildman–Crippen LogP) is -0.978. The number of nitrogens with zero attached hydrogens (tertiary/aromatic N) is 2. The van der Waals surface area contributed by atoms with Gasteiger partial charge in [-0.2, -0.15) is 0 Å². The first-order valence-electron chi connectivity index (χ1n) is 6.27. The lowest BCUT2D eigenvalue weighted by Gasteiger charge is -2.09. The van der Waals surface area contributed by atoms with Crippen molar-refractivity contribution >= 4 is 0 Å². The van der Waals surface area contributed by atoms with Crippen molar-refractivity contribution in [3.63, 3.8) is 0 Å². The van der Waals surface area contributed by atoms with Crippen LogP contribution in [-0.4, -0.2) is 42.6 Å². The van der Waals surface area contributed by atoms with Crippen molar-refractivity contribution < 1.29 is 9.47 Å². The van der Waals surface area contributed by atoms with Gasteiger partial charge in [0, 0.05) is 25.9 Å². The molecule has 0 spiro atoms. The van der Waals surface area contributed by atoms with Crippen molar-refractivity contribution in [1.82, 2.24) is 9.13 Å². The standard InChI is InChI=1S/C12H21N3O4/c1-18-9-10-19-8-7-14-6-3-11(16)15(12(14)17)5-2-4-13/h3,6H,2,4-5,7-10,13H2,1H3.